The van der Waals surface area contributed by atoms with Crippen molar-refractivity contribution in [3.05, 3.63) is 59.7 Å². The molecule has 0 saturated heterocycles. The average molecular weight is 317 g/mol. The number of anilines is 1. The van der Waals surface area contributed by atoms with Crippen LogP contribution in [0.4, 0.5) is 5.69 Å². The molecule has 0 radical (unpaired) electrons. The van der Waals surface area contributed by atoms with Gasteiger partial charge in [0.25, 0.3) is 0 Å². The molecule has 0 fully saturated rings. The average Bonchev–Trinajstić information content (AvgIpc) is 2.46. The smallest absolute Gasteiger partial charge is 0.224 e. The molecule has 116 valence electrons. The van der Waals surface area contributed by atoms with E-state index < -0.39 is 9.84 Å². The molecule has 2 aromatic rings. The summed E-state index contributed by atoms with van der Waals surface area (Å²) in [6.45, 7) is 2.02. The van der Waals surface area contributed by atoms with Gasteiger partial charge >= 0.3 is 0 Å². The van der Waals surface area contributed by atoms with E-state index >= 15 is 0 Å². The summed E-state index contributed by atoms with van der Waals surface area (Å²) in [5.74, 6) is -0.0901. The predicted octanol–water partition coefficient (Wildman–Crippen LogP) is 2.97. The Kier molecular flexibility index (Phi) is 4.98. The Bertz CT molecular complexity index is 747. The largest absolute Gasteiger partial charge is 0.326 e. The van der Waals surface area contributed by atoms with Gasteiger partial charge in [0.05, 0.1) is 4.90 Å². The van der Waals surface area contributed by atoms with Crippen LogP contribution in [0.2, 0.25) is 0 Å². The zero-order valence-corrected chi connectivity index (χ0v) is 13.5. The van der Waals surface area contributed by atoms with Gasteiger partial charge in [0, 0.05) is 18.4 Å². The Morgan fingerprint density at radius 3 is 2.14 bits per heavy atom. The second-order valence-electron chi connectivity index (χ2n) is 5.33. The van der Waals surface area contributed by atoms with Crippen LogP contribution in [0.15, 0.2) is 53.4 Å². The highest BCUT2D eigenvalue weighted by atomic mass is 32.2. The summed E-state index contributed by atoms with van der Waals surface area (Å²) in [5, 5.41) is 2.77. The first-order valence-electron chi connectivity index (χ1n) is 7.00. The molecule has 0 unspecified atom stereocenters. The molecule has 22 heavy (non-hydrogen) atoms. The van der Waals surface area contributed by atoms with Crippen LogP contribution in [0.5, 0.6) is 0 Å². The van der Waals surface area contributed by atoms with Crippen molar-refractivity contribution in [2.24, 2.45) is 0 Å². The monoisotopic (exact) mass is 317 g/mol. The fourth-order valence-electron chi connectivity index (χ4n) is 2.02. The van der Waals surface area contributed by atoms with E-state index in [0.29, 0.717) is 18.5 Å². The van der Waals surface area contributed by atoms with Gasteiger partial charge in [-0.15, -0.1) is 0 Å². The van der Waals surface area contributed by atoms with Crippen molar-refractivity contribution >= 4 is 21.4 Å². The first-order chi connectivity index (χ1) is 10.3. The number of nitrogens with one attached hydrogen (secondary N) is 1. The zero-order chi connectivity index (χ0) is 16.2. The summed E-state index contributed by atoms with van der Waals surface area (Å²) in [6, 6.07) is 14.3. The summed E-state index contributed by atoms with van der Waals surface area (Å²) in [6.07, 6.45) is 2.21. The van der Waals surface area contributed by atoms with Crippen molar-refractivity contribution in [3.8, 4) is 0 Å². The van der Waals surface area contributed by atoms with Gasteiger partial charge in [-0.3, -0.25) is 4.79 Å². The molecule has 1 N–H and O–H groups in total. The maximum Gasteiger partial charge on any atom is 0.224 e. The van der Waals surface area contributed by atoms with Gasteiger partial charge in [-0.2, -0.15) is 0 Å². The van der Waals surface area contributed by atoms with E-state index in [4.69, 9.17) is 0 Å². The number of hydrogen-bond acceptors (Lipinski definition) is 3. The summed E-state index contributed by atoms with van der Waals surface area (Å²) in [7, 11) is -3.21. The third-order valence-electron chi connectivity index (χ3n) is 3.33. The van der Waals surface area contributed by atoms with Crippen molar-refractivity contribution in [1.82, 2.24) is 0 Å². The number of hydrogen-bond donors (Lipinski definition) is 1. The van der Waals surface area contributed by atoms with E-state index in [1.54, 1.807) is 12.1 Å². The lowest BCUT2D eigenvalue weighted by Gasteiger charge is -2.06. The van der Waals surface area contributed by atoms with Gasteiger partial charge in [0.2, 0.25) is 5.91 Å². The Morgan fingerprint density at radius 1 is 1.00 bits per heavy atom. The van der Waals surface area contributed by atoms with E-state index in [2.05, 4.69) is 5.32 Å². The normalized spacial score (nSPS) is 11.2. The van der Waals surface area contributed by atoms with Crippen molar-refractivity contribution in [3.63, 3.8) is 0 Å². The molecule has 0 saturated carbocycles. The molecule has 0 atom stereocenters. The molecule has 2 aromatic carbocycles. The summed E-state index contributed by atoms with van der Waals surface area (Å²) in [4.78, 5) is 12.1. The van der Waals surface area contributed by atoms with Gasteiger partial charge < -0.3 is 5.32 Å². The molecule has 0 heterocycles. The number of benzene rings is 2. The number of carbonyl (C=O) groups excluding carboxylic acids is 1. The van der Waals surface area contributed by atoms with E-state index in [1.807, 2.05) is 31.2 Å². The van der Waals surface area contributed by atoms with Crippen LogP contribution in [-0.4, -0.2) is 20.6 Å². The van der Waals surface area contributed by atoms with Gasteiger partial charge in [-0.25, -0.2) is 8.42 Å². The summed E-state index contributed by atoms with van der Waals surface area (Å²) in [5.41, 5.74) is 2.91. The molecule has 0 aromatic heterocycles. The molecule has 4 nitrogen and oxygen atoms in total. The lowest BCUT2D eigenvalue weighted by molar-refractivity contribution is -0.116. The maximum absolute atomic E-state index is 11.9. The molecule has 0 aliphatic rings. The van der Waals surface area contributed by atoms with Crippen molar-refractivity contribution < 1.29 is 13.2 Å². The molecule has 1 amide bonds. The fourth-order valence-corrected chi connectivity index (χ4v) is 2.65. The van der Waals surface area contributed by atoms with Crippen LogP contribution in [0.1, 0.15) is 17.5 Å². The number of aryl methyl sites for hydroxylation is 2. The minimum absolute atomic E-state index is 0.0901. The SMILES string of the molecule is Cc1ccc(CCC(=O)Nc2ccc(S(C)(=O)=O)cc2)cc1. The molecular weight excluding hydrogens is 298 g/mol. The van der Waals surface area contributed by atoms with E-state index in [0.717, 1.165) is 11.8 Å². The quantitative estimate of drug-likeness (QED) is 0.922. The Hall–Kier alpha value is -2.14. The second-order valence-corrected chi connectivity index (χ2v) is 7.35. The number of sulfone groups is 1. The molecule has 0 spiro atoms. The lowest BCUT2D eigenvalue weighted by Crippen LogP contribution is -2.12. The molecule has 5 heteroatoms. The predicted molar refractivity (Wildman–Crippen MR) is 87.7 cm³/mol. The fraction of sp³-hybridized carbons (Fsp3) is 0.235. The van der Waals surface area contributed by atoms with Gasteiger partial charge in [-0.05, 0) is 43.2 Å². The first-order valence-corrected chi connectivity index (χ1v) is 8.89. The highest BCUT2D eigenvalue weighted by molar-refractivity contribution is 7.90. The Labute approximate surface area is 131 Å². The minimum atomic E-state index is -3.21. The highest BCUT2D eigenvalue weighted by Gasteiger charge is 2.07. The lowest BCUT2D eigenvalue weighted by atomic mass is 10.1. The van der Waals surface area contributed by atoms with Crippen molar-refractivity contribution in [2.45, 2.75) is 24.7 Å². The zero-order valence-electron chi connectivity index (χ0n) is 12.7. The van der Waals surface area contributed by atoms with E-state index in [-0.39, 0.29) is 10.8 Å². The number of carbonyl (C=O) groups is 1. The van der Waals surface area contributed by atoms with E-state index in [1.165, 1.54) is 17.7 Å². The summed E-state index contributed by atoms with van der Waals surface area (Å²) < 4.78 is 22.7. The molecule has 2 rings (SSSR count). The van der Waals surface area contributed by atoms with Crippen LogP contribution in [0.25, 0.3) is 0 Å². The number of amides is 1. The Morgan fingerprint density at radius 2 is 1.59 bits per heavy atom. The van der Waals surface area contributed by atoms with Crippen LogP contribution < -0.4 is 5.32 Å². The van der Waals surface area contributed by atoms with E-state index in [9.17, 15) is 13.2 Å². The topological polar surface area (TPSA) is 63.2 Å². The molecule has 0 aliphatic carbocycles. The van der Waals surface area contributed by atoms with Gasteiger partial charge in [0.15, 0.2) is 9.84 Å². The van der Waals surface area contributed by atoms with Crippen molar-refractivity contribution in [1.29, 1.82) is 0 Å². The van der Waals surface area contributed by atoms with Gasteiger partial charge in [-0.1, -0.05) is 29.8 Å². The van der Waals surface area contributed by atoms with Crippen LogP contribution in [0.3, 0.4) is 0 Å². The molecule has 0 bridgehead atoms. The van der Waals surface area contributed by atoms with Crippen molar-refractivity contribution in [2.75, 3.05) is 11.6 Å². The van der Waals surface area contributed by atoms with Crippen LogP contribution in [0, 0.1) is 6.92 Å². The maximum atomic E-state index is 11.9. The first kappa shape index (κ1) is 16.2. The minimum Gasteiger partial charge on any atom is -0.326 e. The van der Waals surface area contributed by atoms with Crippen LogP contribution >= 0.6 is 0 Å². The number of rotatable bonds is 5. The standard InChI is InChI=1S/C17H19NO3S/c1-13-3-5-14(6-4-13)7-12-17(19)18-15-8-10-16(11-9-15)22(2,20)21/h3-6,8-11H,7,12H2,1-2H3,(H,18,19). The summed E-state index contributed by atoms with van der Waals surface area (Å²) >= 11 is 0. The van der Waals surface area contributed by atoms with Gasteiger partial charge in [0.1, 0.15) is 0 Å². The second kappa shape index (κ2) is 6.75. The highest BCUT2D eigenvalue weighted by Crippen LogP contribution is 2.14. The molecular formula is C17H19NO3S. The van der Waals surface area contributed by atoms with Crippen LogP contribution in [-0.2, 0) is 21.1 Å². The third-order valence-corrected chi connectivity index (χ3v) is 4.46. The Balaban J connectivity index is 1.90. The third kappa shape index (κ3) is 4.70. The molecule has 0 aliphatic heterocycles.